The van der Waals surface area contributed by atoms with Crippen molar-refractivity contribution in [2.45, 2.75) is 0 Å². The number of carbonyl (C=O) groups is 2. The molecule has 0 aliphatic rings. The fourth-order valence-corrected chi connectivity index (χ4v) is 2.45. The largest absolute Gasteiger partial charge is 0.496 e. The maximum absolute atomic E-state index is 12.6. The predicted molar refractivity (Wildman–Crippen MR) is 96.1 cm³/mol. The molecule has 0 unspecified atom stereocenters. The Labute approximate surface area is 153 Å². The molecule has 0 bridgehead atoms. The van der Waals surface area contributed by atoms with E-state index in [1.807, 2.05) is 0 Å². The van der Waals surface area contributed by atoms with Gasteiger partial charge < -0.3 is 10.1 Å². The zero-order valence-corrected chi connectivity index (χ0v) is 14.4. The first kappa shape index (κ1) is 17.4. The van der Waals surface area contributed by atoms with Gasteiger partial charge in [-0.25, -0.2) is 4.68 Å². The van der Waals surface area contributed by atoms with Crippen LogP contribution in [0.5, 0.6) is 5.75 Å². The lowest BCUT2D eigenvalue weighted by atomic mass is 10.1. The summed E-state index contributed by atoms with van der Waals surface area (Å²) in [7, 11) is 1.46. The average Bonchev–Trinajstić information content (AvgIpc) is 3.15. The van der Waals surface area contributed by atoms with E-state index < -0.39 is 11.8 Å². The zero-order valence-electron chi connectivity index (χ0n) is 13.6. The number of rotatable bonds is 5. The summed E-state index contributed by atoms with van der Waals surface area (Å²) in [6.45, 7) is 0. The highest BCUT2D eigenvalue weighted by Crippen LogP contribution is 2.24. The molecular formula is C17H14ClN5O3. The molecule has 2 aromatic carbocycles. The monoisotopic (exact) mass is 371 g/mol. The van der Waals surface area contributed by atoms with Gasteiger partial charge in [0.1, 0.15) is 18.4 Å². The third-order valence-electron chi connectivity index (χ3n) is 3.48. The van der Waals surface area contributed by atoms with Crippen molar-refractivity contribution in [2.24, 2.45) is 0 Å². The molecule has 0 radical (unpaired) electrons. The standard InChI is InChI=1S/C17H14ClN5O3/c1-26-15-7-6-11(18)8-13(15)16(24)21-14-5-3-2-4-12(14)17(25)22-23-9-19-20-10-23/h2-10H,1H3,(H,21,24)(H,22,25). The van der Waals surface area contributed by atoms with Crippen LogP contribution in [0, 0.1) is 0 Å². The summed E-state index contributed by atoms with van der Waals surface area (Å²) in [6.07, 6.45) is 2.69. The smallest absolute Gasteiger partial charge is 0.272 e. The molecule has 0 aliphatic heterocycles. The van der Waals surface area contributed by atoms with Crippen LogP contribution in [0.3, 0.4) is 0 Å². The van der Waals surface area contributed by atoms with E-state index in [2.05, 4.69) is 20.9 Å². The molecule has 132 valence electrons. The van der Waals surface area contributed by atoms with E-state index in [9.17, 15) is 9.59 Å². The fourth-order valence-electron chi connectivity index (χ4n) is 2.27. The van der Waals surface area contributed by atoms with Gasteiger partial charge >= 0.3 is 0 Å². The van der Waals surface area contributed by atoms with Crippen LogP contribution in [0.1, 0.15) is 20.7 Å². The summed E-state index contributed by atoms with van der Waals surface area (Å²) in [4.78, 5) is 25.1. The minimum absolute atomic E-state index is 0.258. The molecule has 1 heterocycles. The Morgan fingerprint density at radius 2 is 1.77 bits per heavy atom. The second kappa shape index (κ2) is 7.66. The third kappa shape index (κ3) is 3.81. The SMILES string of the molecule is COc1ccc(Cl)cc1C(=O)Nc1ccccc1C(=O)Nn1cnnc1. The number of nitrogens with zero attached hydrogens (tertiary/aromatic N) is 3. The minimum atomic E-state index is -0.450. The van der Waals surface area contributed by atoms with Crippen molar-refractivity contribution in [2.75, 3.05) is 17.9 Å². The highest BCUT2D eigenvalue weighted by atomic mass is 35.5. The molecule has 8 nitrogen and oxygen atoms in total. The van der Waals surface area contributed by atoms with E-state index in [-0.39, 0.29) is 11.1 Å². The first-order valence-electron chi connectivity index (χ1n) is 7.48. The van der Waals surface area contributed by atoms with E-state index in [0.717, 1.165) is 0 Å². The minimum Gasteiger partial charge on any atom is -0.496 e. The zero-order chi connectivity index (χ0) is 18.5. The topological polar surface area (TPSA) is 98.1 Å². The van der Waals surface area contributed by atoms with Crippen LogP contribution in [-0.2, 0) is 0 Å². The van der Waals surface area contributed by atoms with Gasteiger partial charge in [-0.3, -0.25) is 15.0 Å². The number of hydrogen-bond acceptors (Lipinski definition) is 5. The van der Waals surface area contributed by atoms with Gasteiger partial charge in [-0.15, -0.1) is 10.2 Å². The van der Waals surface area contributed by atoms with Gasteiger partial charge in [0.05, 0.1) is 23.9 Å². The van der Waals surface area contributed by atoms with Crippen LogP contribution in [0.2, 0.25) is 5.02 Å². The maximum Gasteiger partial charge on any atom is 0.272 e. The number of hydrogen-bond donors (Lipinski definition) is 2. The molecule has 2 amide bonds. The molecule has 0 saturated heterocycles. The molecule has 9 heteroatoms. The number of ether oxygens (including phenoxy) is 1. The number of amides is 2. The number of nitrogens with one attached hydrogen (secondary N) is 2. The van der Waals surface area contributed by atoms with Gasteiger partial charge in [-0.1, -0.05) is 23.7 Å². The Kier molecular flexibility index (Phi) is 5.14. The lowest BCUT2D eigenvalue weighted by molar-refractivity contribution is 0.101. The Bertz CT molecular complexity index is 943. The Hall–Kier alpha value is -3.39. The van der Waals surface area contributed by atoms with Crippen molar-refractivity contribution < 1.29 is 14.3 Å². The molecule has 2 N–H and O–H groups in total. The third-order valence-corrected chi connectivity index (χ3v) is 3.71. The summed E-state index contributed by atoms with van der Waals surface area (Å²) in [5.74, 6) is -0.508. The van der Waals surface area contributed by atoms with Crippen molar-refractivity contribution in [3.05, 3.63) is 71.3 Å². The first-order valence-corrected chi connectivity index (χ1v) is 7.86. The van der Waals surface area contributed by atoms with E-state index in [1.165, 1.54) is 30.5 Å². The number of methoxy groups -OCH3 is 1. The van der Waals surface area contributed by atoms with E-state index >= 15 is 0 Å². The fraction of sp³-hybridized carbons (Fsp3) is 0.0588. The highest BCUT2D eigenvalue weighted by Gasteiger charge is 2.17. The van der Waals surface area contributed by atoms with Crippen LogP contribution in [-0.4, -0.2) is 33.8 Å². The number of halogens is 1. The lowest BCUT2D eigenvalue weighted by Crippen LogP contribution is -2.23. The van der Waals surface area contributed by atoms with E-state index in [4.69, 9.17) is 16.3 Å². The van der Waals surface area contributed by atoms with Crippen LogP contribution in [0.4, 0.5) is 5.69 Å². The summed E-state index contributed by atoms with van der Waals surface area (Å²) >= 11 is 5.97. The average molecular weight is 372 g/mol. The Morgan fingerprint density at radius 3 is 2.50 bits per heavy atom. The van der Waals surface area contributed by atoms with Crippen LogP contribution >= 0.6 is 11.6 Å². The molecule has 1 aromatic heterocycles. The van der Waals surface area contributed by atoms with Gasteiger partial charge in [0.25, 0.3) is 11.8 Å². The summed E-state index contributed by atoms with van der Waals surface area (Å²) in [5.41, 5.74) is 3.45. The molecule has 3 rings (SSSR count). The predicted octanol–water partition coefficient (Wildman–Crippen LogP) is 2.58. The molecule has 0 saturated carbocycles. The first-order chi connectivity index (χ1) is 12.6. The molecule has 0 spiro atoms. The second-order valence-corrected chi connectivity index (χ2v) is 5.59. The number of carbonyl (C=O) groups excluding carboxylic acids is 2. The number of para-hydroxylation sites is 1. The van der Waals surface area contributed by atoms with E-state index in [0.29, 0.717) is 16.5 Å². The normalized spacial score (nSPS) is 10.2. The van der Waals surface area contributed by atoms with Crippen molar-refractivity contribution in [1.29, 1.82) is 0 Å². The van der Waals surface area contributed by atoms with Gasteiger partial charge in [0.15, 0.2) is 0 Å². The van der Waals surface area contributed by atoms with Crippen LogP contribution in [0.15, 0.2) is 55.1 Å². The van der Waals surface area contributed by atoms with Crippen LogP contribution < -0.4 is 15.5 Å². The van der Waals surface area contributed by atoms with Crippen molar-refractivity contribution in [1.82, 2.24) is 14.9 Å². The molecule has 0 fully saturated rings. The highest BCUT2D eigenvalue weighted by molar-refractivity contribution is 6.31. The Balaban J connectivity index is 1.85. The van der Waals surface area contributed by atoms with E-state index in [1.54, 1.807) is 36.4 Å². The Morgan fingerprint density at radius 1 is 1.04 bits per heavy atom. The maximum atomic E-state index is 12.6. The van der Waals surface area contributed by atoms with Gasteiger partial charge in [-0.2, -0.15) is 0 Å². The van der Waals surface area contributed by atoms with Crippen molar-refractivity contribution in [3.63, 3.8) is 0 Å². The molecule has 0 atom stereocenters. The number of aromatic nitrogens is 3. The van der Waals surface area contributed by atoms with Gasteiger partial charge in [-0.05, 0) is 30.3 Å². The molecular weight excluding hydrogens is 358 g/mol. The van der Waals surface area contributed by atoms with Crippen molar-refractivity contribution >= 4 is 29.1 Å². The van der Waals surface area contributed by atoms with Crippen molar-refractivity contribution in [3.8, 4) is 5.75 Å². The lowest BCUT2D eigenvalue weighted by Gasteiger charge is -2.13. The van der Waals surface area contributed by atoms with Gasteiger partial charge in [0.2, 0.25) is 0 Å². The second-order valence-electron chi connectivity index (χ2n) is 5.15. The molecule has 3 aromatic rings. The summed E-state index contributed by atoms with van der Waals surface area (Å²) in [5, 5.41) is 10.3. The number of benzene rings is 2. The number of anilines is 1. The molecule has 26 heavy (non-hydrogen) atoms. The van der Waals surface area contributed by atoms with Gasteiger partial charge in [0, 0.05) is 5.02 Å². The quantitative estimate of drug-likeness (QED) is 0.718. The summed E-state index contributed by atoms with van der Waals surface area (Å²) in [6, 6.07) is 11.3. The molecule has 0 aliphatic carbocycles. The van der Waals surface area contributed by atoms with Crippen LogP contribution in [0.25, 0.3) is 0 Å². The summed E-state index contributed by atoms with van der Waals surface area (Å²) < 4.78 is 6.50.